The standard InChI is InChI=1S/C34H26Cl2N2O4/c1-2-41-28-15-19(11-14-27(28)42-18-20-12-13-21(35)16-26(20)36)17-37-38-33(39)31-29-22-7-3-4-8-23(22)30(32(31)34(38)40)25-10-6-5-9-24(25)29/h3-17,29-32H,2,18H2,1H3/b37-17-/t29?,30?,31-,32-/m1/s1. The van der Waals surface area contributed by atoms with Crippen molar-refractivity contribution in [3.8, 4) is 11.5 Å². The highest BCUT2D eigenvalue weighted by Gasteiger charge is 2.61. The van der Waals surface area contributed by atoms with Gasteiger partial charge in [0.15, 0.2) is 11.5 Å². The van der Waals surface area contributed by atoms with E-state index in [1.54, 1.807) is 30.3 Å². The Bertz CT molecular complexity index is 1650. The first-order valence-corrected chi connectivity index (χ1v) is 14.6. The third kappa shape index (κ3) is 4.29. The number of carbonyl (C=O) groups excluding carboxylic acids is 2. The summed E-state index contributed by atoms with van der Waals surface area (Å²) >= 11 is 12.3. The monoisotopic (exact) mass is 596 g/mol. The molecule has 4 aromatic carbocycles. The van der Waals surface area contributed by atoms with Gasteiger partial charge in [0.05, 0.1) is 24.7 Å². The third-order valence-corrected chi connectivity index (χ3v) is 9.00. The van der Waals surface area contributed by atoms with E-state index in [0.717, 1.165) is 32.8 Å². The molecule has 2 bridgehead atoms. The number of hydrogen-bond acceptors (Lipinski definition) is 5. The van der Waals surface area contributed by atoms with E-state index in [1.165, 1.54) is 6.21 Å². The Labute approximate surface area is 253 Å². The second kappa shape index (κ2) is 10.6. The number of hydrazone groups is 1. The minimum Gasteiger partial charge on any atom is -0.490 e. The Balaban J connectivity index is 1.15. The van der Waals surface area contributed by atoms with Gasteiger partial charge in [0.1, 0.15) is 6.61 Å². The van der Waals surface area contributed by atoms with Gasteiger partial charge >= 0.3 is 0 Å². The van der Waals surface area contributed by atoms with Gasteiger partial charge in [-0.3, -0.25) is 9.59 Å². The van der Waals surface area contributed by atoms with E-state index in [-0.39, 0.29) is 30.3 Å². The topological polar surface area (TPSA) is 68.2 Å². The number of ether oxygens (including phenoxy) is 2. The fourth-order valence-corrected chi connectivity index (χ4v) is 7.15. The van der Waals surface area contributed by atoms with Crippen LogP contribution in [0.1, 0.15) is 52.1 Å². The zero-order valence-corrected chi connectivity index (χ0v) is 24.2. The first kappa shape index (κ1) is 26.7. The number of hydrogen-bond donors (Lipinski definition) is 0. The van der Waals surface area contributed by atoms with Gasteiger partial charge in [0.2, 0.25) is 0 Å². The predicted octanol–water partition coefficient (Wildman–Crippen LogP) is 7.20. The molecule has 1 fully saturated rings. The molecule has 1 aliphatic heterocycles. The van der Waals surface area contributed by atoms with Crippen molar-refractivity contribution in [1.82, 2.24) is 5.01 Å². The van der Waals surface area contributed by atoms with Crippen molar-refractivity contribution in [1.29, 1.82) is 0 Å². The van der Waals surface area contributed by atoms with E-state index < -0.39 is 11.8 Å². The molecule has 42 heavy (non-hydrogen) atoms. The molecule has 8 rings (SSSR count). The molecule has 0 aromatic heterocycles. The van der Waals surface area contributed by atoms with Crippen LogP contribution >= 0.6 is 23.2 Å². The van der Waals surface area contributed by atoms with Gasteiger partial charge in [-0.2, -0.15) is 10.1 Å². The lowest BCUT2D eigenvalue weighted by Crippen LogP contribution is -2.41. The Morgan fingerprint density at radius 1 is 0.762 bits per heavy atom. The molecule has 1 heterocycles. The molecule has 0 unspecified atom stereocenters. The summed E-state index contributed by atoms with van der Waals surface area (Å²) in [7, 11) is 0. The Morgan fingerprint density at radius 2 is 1.36 bits per heavy atom. The third-order valence-electron chi connectivity index (χ3n) is 8.41. The smallest absolute Gasteiger partial charge is 0.254 e. The molecule has 0 saturated carbocycles. The van der Waals surface area contributed by atoms with E-state index in [4.69, 9.17) is 32.7 Å². The predicted molar refractivity (Wildman–Crippen MR) is 161 cm³/mol. The fourth-order valence-electron chi connectivity index (χ4n) is 6.69. The van der Waals surface area contributed by atoms with Gasteiger partial charge in [-0.05, 0) is 65.1 Å². The van der Waals surface area contributed by atoms with E-state index in [2.05, 4.69) is 29.4 Å². The lowest BCUT2D eigenvalue weighted by molar-refractivity contribution is -0.139. The summed E-state index contributed by atoms with van der Waals surface area (Å²) in [5.41, 5.74) is 5.98. The number of imide groups is 1. The summed E-state index contributed by atoms with van der Waals surface area (Å²) in [6.45, 7) is 2.54. The normalized spacial score (nSPS) is 21.8. The number of carbonyl (C=O) groups is 2. The largest absolute Gasteiger partial charge is 0.490 e. The van der Waals surface area contributed by atoms with Crippen LogP contribution in [0.3, 0.4) is 0 Å². The van der Waals surface area contributed by atoms with Crippen LogP contribution in [-0.2, 0) is 16.2 Å². The van der Waals surface area contributed by atoms with Crippen molar-refractivity contribution < 1.29 is 19.1 Å². The van der Waals surface area contributed by atoms with E-state index in [0.29, 0.717) is 33.7 Å². The highest BCUT2D eigenvalue weighted by Crippen LogP contribution is 2.61. The zero-order valence-electron chi connectivity index (χ0n) is 22.7. The van der Waals surface area contributed by atoms with Crippen molar-refractivity contribution in [3.63, 3.8) is 0 Å². The number of amides is 2. The van der Waals surface area contributed by atoms with E-state index in [1.807, 2.05) is 37.3 Å². The van der Waals surface area contributed by atoms with Crippen LogP contribution in [-0.4, -0.2) is 29.6 Å². The first-order chi connectivity index (χ1) is 20.5. The molecule has 6 nitrogen and oxygen atoms in total. The molecule has 1 saturated heterocycles. The number of rotatable bonds is 7. The van der Waals surface area contributed by atoms with Crippen molar-refractivity contribution in [2.75, 3.05) is 6.61 Å². The van der Waals surface area contributed by atoms with Crippen LogP contribution in [0, 0.1) is 11.8 Å². The van der Waals surface area contributed by atoms with Gasteiger partial charge in [0.25, 0.3) is 11.8 Å². The van der Waals surface area contributed by atoms with Gasteiger partial charge < -0.3 is 9.47 Å². The molecule has 8 heteroatoms. The van der Waals surface area contributed by atoms with Crippen molar-refractivity contribution >= 4 is 41.2 Å². The average Bonchev–Trinajstić information content (AvgIpc) is 3.26. The molecule has 4 aromatic rings. The number of benzene rings is 4. The SMILES string of the molecule is CCOc1cc(/C=N\N2C(=O)[C@@H]3C4c5ccccc5C(c5ccccc54)[C@H]3C2=O)ccc1OCc1ccc(Cl)cc1Cl. The Hall–Kier alpha value is -4.13. The average molecular weight is 597 g/mol. The lowest BCUT2D eigenvalue weighted by atomic mass is 9.55. The minimum absolute atomic E-state index is 0.167. The molecule has 3 aliphatic carbocycles. The molecule has 0 radical (unpaired) electrons. The second-order valence-corrected chi connectivity index (χ2v) is 11.5. The highest BCUT2D eigenvalue weighted by atomic mass is 35.5. The number of nitrogens with zero attached hydrogens (tertiary/aromatic N) is 2. The molecule has 2 atom stereocenters. The van der Waals surface area contributed by atoms with Crippen molar-refractivity contribution in [2.45, 2.75) is 25.4 Å². The maximum absolute atomic E-state index is 13.8. The summed E-state index contributed by atoms with van der Waals surface area (Å²) in [5.74, 6) is -0.749. The molecule has 0 N–H and O–H groups in total. The molecule has 2 amide bonds. The summed E-state index contributed by atoms with van der Waals surface area (Å²) < 4.78 is 11.8. The lowest BCUT2D eigenvalue weighted by Gasteiger charge is -2.45. The number of halogens is 2. The van der Waals surface area contributed by atoms with Crippen LogP contribution in [0.25, 0.3) is 0 Å². The first-order valence-electron chi connectivity index (χ1n) is 13.9. The molecule has 4 aliphatic rings. The summed E-state index contributed by atoms with van der Waals surface area (Å²) in [6.07, 6.45) is 1.53. The van der Waals surface area contributed by atoms with E-state index in [9.17, 15) is 9.59 Å². The minimum atomic E-state index is -0.473. The summed E-state index contributed by atoms with van der Waals surface area (Å²) in [5, 5.41) is 6.57. The van der Waals surface area contributed by atoms with Crippen LogP contribution < -0.4 is 9.47 Å². The zero-order chi connectivity index (χ0) is 29.0. The van der Waals surface area contributed by atoms with Crippen molar-refractivity contribution in [3.05, 3.63) is 128 Å². The van der Waals surface area contributed by atoms with Crippen molar-refractivity contribution in [2.24, 2.45) is 16.9 Å². The molecule has 210 valence electrons. The van der Waals surface area contributed by atoms with Crippen LogP contribution in [0.2, 0.25) is 10.0 Å². The maximum Gasteiger partial charge on any atom is 0.254 e. The van der Waals surface area contributed by atoms with Crippen LogP contribution in [0.15, 0.2) is 90.0 Å². The van der Waals surface area contributed by atoms with Crippen LogP contribution in [0.5, 0.6) is 11.5 Å². The molecular weight excluding hydrogens is 571 g/mol. The Morgan fingerprint density at radius 3 is 1.90 bits per heavy atom. The van der Waals surface area contributed by atoms with Gasteiger partial charge in [-0.1, -0.05) is 77.8 Å². The summed E-state index contributed by atoms with van der Waals surface area (Å²) in [6, 6.07) is 27.0. The maximum atomic E-state index is 13.8. The van der Waals surface area contributed by atoms with Gasteiger partial charge in [-0.25, -0.2) is 0 Å². The second-order valence-electron chi connectivity index (χ2n) is 10.7. The quantitative estimate of drug-likeness (QED) is 0.167. The van der Waals surface area contributed by atoms with E-state index >= 15 is 0 Å². The molecular formula is C34H26Cl2N2O4. The van der Waals surface area contributed by atoms with Gasteiger partial charge in [-0.15, -0.1) is 0 Å². The molecule has 0 spiro atoms. The fraction of sp³-hybridized carbons (Fsp3) is 0.206. The van der Waals surface area contributed by atoms with Crippen LogP contribution in [0.4, 0.5) is 0 Å². The summed E-state index contributed by atoms with van der Waals surface area (Å²) in [4.78, 5) is 27.6. The van der Waals surface area contributed by atoms with Gasteiger partial charge in [0, 0.05) is 27.4 Å². The highest BCUT2D eigenvalue weighted by molar-refractivity contribution is 6.35. The Kier molecular flexibility index (Phi) is 6.76.